The van der Waals surface area contributed by atoms with Crippen LogP contribution >= 0.6 is 0 Å². The van der Waals surface area contributed by atoms with E-state index < -0.39 is 0 Å². The molecule has 6 heteroatoms. The van der Waals surface area contributed by atoms with Crippen molar-refractivity contribution in [2.45, 2.75) is 13.3 Å². The van der Waals surface area contributed by atoms with Gasteiger partial charge in [0.1, 0.15) is 0 Å². The summed E-state index contributed by atoms with van der Waals surface area (Å²) in [5.74, 6) is 1.30. The number of H-pyrrole nitrogens is 1. The first-order valence-corrected chi connectivity index (χ1v) is 8.05. The Bertz CT molecular complexity index is 902. The molecule has 0 bridgehead atoms. The Balaban J connectivity index is 1.65. The molecule has 0 spiro atoms. The van der Waals surface area contributed by atoms with E-state index in [2.05, 4.69) is 15.3 Å². The van der Waals surface area contributed by atoms with Gasteiger partial charge in [-0.3, -0.25) is 4.79 Å². The molecule has 0 unspecified atom stereocenters. The number of benzene rings is 2. The Hall–Kier alpha value is -3.02. The monoisotopic (exact) mass is 339 g/mol. The van der Waals surface area contributed by atoms with Gasteiger partial charge in [-0.1, -0.05) is 0 Å². The molecule has 0 radical (unpaired) electrons. The first-order valence-electron chi connectivity index (χ1n) is 8.05. The Morgan fingerprint density at radius 2 is 1.92 bits per heavy atom. The van der Waals surface area contributed by atoms with Gasteiger partial charge >= 0.3 is 0 Å². The number of amides is 1. The first kappa shape index (κ1) is 16.8. The molecule has 0 fully saturated rings. The average Bonchev–Trinajstić information content (AvgIpc) is 3.10. The highest BCUT2D eigenvalue weighted by Crippen LogP contribution is 2.30. The number of aryl methyl sites for hydroxylation is 1. The second-order valence-electron chi connectivity index (χ2n) is 5.77. The number of nitrogens with one attached hydrogen (secondary N) is 2. The van der Waals surface area contributed by atoms with E-state index in [-0.39, 0.29) is 5.91 Å². The van der Waals surface area contributed by atoms with E-state index >= 15 is 0 Å². The van der Waals surface area contributed by atoms with Gasteiger partial charge in [-0.2, -0.15) is 0 Å². The van der Waals surface area contributed by atoms with Crippen LogP contribution in [0.5, 0.6) is 11.5 Å². The summed E-state index contributed by atoms with van der Waals surface area (Å²) in [7, 11) is 3.23. The van der Waals surface area contributed by atoms with Crippen molar-refractivity contribution in [1.29, 1.82) is 0 Å². The van der Waals surface area contributed by atoms with Crippen molar-refractivity contribution in [3.05, 3.63) is 53.3 Å². The number of fused-ring (bicyclic) bond motifs is 1. The second-order valence-corrected chi connectivity index (χ2v) is 5.77. The van der Waals surface area contributed by atoms with Gasteiger partial charge in [0.25, 0.3) is 5.91 Å². The maximum absolute atomic E-state index is 12.3. The van der Waals surface area contributed by atoms with Crippen molar-refractivity contribution in [1.82, 2.24) is 15.3 Å². The number of aromatic nitrogens is 2. The number of carbonyl (C=O) groups excluding carboxylic acids is 1. The lowest BCUT2D eigenvalue weighted by atomic mass is 10.0. The van der Waals surface area contributed by atoms with E-state index in [0.717, 1.165) is 22.2 Å². The van der Waals surface area contributed by atoms with Crippen molar-refractivity contribution < 1.29 is 14.3 Å². The highest BCUT2D eigenvalue weighted by molar-refractivity contribution is 5.97. The number of hydrogen-bond acceptors (Lipinski definition) is 4. The van der Waals surface area contributed by atoms with Crippen LogP contribution in [0.2, 0.25) is 0 Å². The van der Waals surface area contributed by atoms with Crippen LogP contribution in [0.1, 0.15) is 21.5 Å². The van der Waals surface area contributed by atoms with Crippen LogP contribution in [0.25, 0.3) is 11.0 Å². The Kier molecular flexibility index (Phi) is 4.88. The minimum Gasteiger partial charge on any atom is -0.493 e. The number of aromatic amines is 1. The number of ether oxygens (including phenoxy) is 2. The molecule has 3 rings (SSSR count). The lowest BCUT2D eigenvalue weighted by molar-refractivity contribution is 0.0954. The predicted molar refractivity (Wildman–Crippen MR) is 96.4 cm³/mol. The van der Waals surface area contributed by atoms with Crippen molar-refractivity contribution in [3.63, 3.8) is 0 Å². The van der Waals surface area contributed by atoms with Gasteiger partial charge in [0.15, 0.2) is 11.5 Å². The van der Waals surface area contributed by atoms with E-state index in [0.29, 0.717) is 30.0 Å². The van der Waals surface area contributed by atoms with Gasteiger partial charge in [-0.05, 0) is 54.8 Å². The molecule has 1 amide bonds. The van der Waals surface area contributed by atoms with Crippen molar-refractivity contribution >= 4 is 16.9 Å². The molecule has 0 saturated carbocycles. The summed E-state index contributed by atoms with van der Waals surface area (Å²) in [5, 5.41) is 2.95. The van der Waals surface area contributed by atoms with Gasteiger partial charge in [-0.15, -0.1) is 0 Å². The summed E-state index contributed by atoms with van der Waals surface area (Å²) in [6.07, 6.45) is 2.33. The molecule has 0 aliphatic rings. The molecule has 6 nitrogen and oxygen atoms in total. The summed E-state index contributed by atoms with van der Waals surface area (Å²) in [6, 6.07) is 9.32. The summed E-state index contributed by atoms with van der Waals surface area (Å²) < 4.78 is 10.6. The van der Waals surface area contributed by atoms with E-state index in [1.54, 1.807) is 32.7 Å². The number of methoxy groups -OCH3 is 2. The number of carbonyl (C=O) groups is 1. The fourth-order valence-electron chi connectivity index (χ4n) is 2.78. The Labute approximate surface area is 146 Å². The fraction of sp³-hybridized carbons (Fsp3) is 0.263. The molecule has 0 saturated heterocycles. The van der Waals surface area contributed by atoms with E-state index in [9.17, 15) is 4.79 Å². The maximum atomic E-state index is 12.3. The van der Waals surface area contributed by atoms with E-state index in [4.69, 9.17) is 9.47 Å². The smallest absolute Gasteiger partial charge is 0.251 e. The van der Waals surface area contributed by atoms with Gasteiger partial charge < -0.3 is 19.8 Å². The number of hydrogen-bond donors (Lipinski definition) is 2. The highest BCUT2D eigenvalue weighted by Gasteiger charge is 2.10. The Morgan fingerprint density at radius 1 is 1.16 bits per heavy atom. The first-order chi connectivity index (χ1) is 12.1. The Morgan fingerprint density at radius 3 is 2.68 bits per heavy atom. The topological polar surface area (TPSA) is 76.2 Å². The van der Waals surface area contributed by atoms with E-state index in [1.165, 1.54) is 0 Å². The quantitative estimate of drug-likeness (QED) is 0.724. The van der Waals surface area contributed by atoms with Crippen LogP contribution in [0.4, 0.5) is 0 Å². The molecule has 130 valence electrons. The van der Waals surface area contributed by atoms with Gasteiger partial charge in [0, 0.05) is 12.1 Å². The van der Waals surface area contributed by atoms with E-state index in [1.807, 2.05) is 25.1 Å². The molecular weight excluding hydrogens is 318 g/mol. The number of rotatable bonds is 6. The fourth-order valence-corrected chi connectivity index (χ4v) is 2.78. The third-order valence-electron chi connectivity index (χ3n) is 4.20. The van der Waals surface area contributed by atoms with Crippen molar-refractivity contribution in [2.24, 2.45) is 0 Å². The largest absolute Gasteiger partial charge is 0.493 e. The predicted octanol–water partition coefficient (Wildman–Crippen LogP) is 2.86. The molecule has 2 aromatic carbocycles. The maximum Gasteiger partial charge on any atom is 0.251 e. The minimum atomic E-state index is -0.102. The van der Waals surface area contributed by atoms with Crippen molar-refractivity contribution in [2.75, 3.05) is 20.8 Å². The molecule has 0 aliphatic carbocycles. The third-order valence-corrected chi connectivity index (χ3v) is 4.20. The average molecular weight is 339 g/mol. The van der Waals surface area contributed by atoms with Crippen LogP contribution in [0.15, 0.2) is 36.7 Å². The van der Waals surface area contributed by atoms with Crippen molar-refractivity contribution in [3.8, 4) is 11.5 Å². The standard InChI is InChI=1S/C19H21N3O3/c1-12-8-17(24-2)18(25-3)10-13(12)6-7-20-19(23)14-4-5-15-16(9-14)22-11-21-15/h4-5,8-11H,6-7H2,1-3H3,(H,20,23)(H,21,22). The molecule has 3 aromatic rings. The zero-order valence-electron chi connectivity index (χ0n) is 14.6. The van der Waals surface area contributed by atoms with Crippen LogP contribution in [0.3, 0.4) is 0 Å². The minimum absolute atomic E-state index is 0.102. The highest BCUT2D eigenvalue weighted by atomic mass is 16.5. The summed E-state index contributed by atoms with van der Waals surface area (Å²) in [4.78, 5) is 19.5. The normalized spacial score (nSPS) is 10.7. The molecule has 2 N–H and O–H groups in total. The van der Waals surface area contributed by atoms with Gasteiger partial charge in [-0.25, -0.2) is 4.98 Å². The molecular formula is C19H21N3O3. The van der Waals surface area contributed by atoms with Gasteiger partial charge in [0.05, 0.1) is 31.6 Å². The number of nitrogens with zero attached hydrogens (tertiary/aromatic N) is 1. The lowest BCUT2D eigenvalue weighted by Gasteiger charge is -2.13. The summed E-state index contributed by atoms with van der Waals surface area (Å²) in [5.41, 5.74) is 4.52. The van der Waals surface area contributed by atoms with Crippen LogP contribution < -0.4 is 14.8 Å². The lowest BCUT2D eigenvalue weighted by Crippen LogP contribution is -2.25. The molecule has 1 aromatic heterocycles. The molecule has 25 heavy (non-hydrogen) atoms. The number of imidazole rings is 1. The zero-order chi connectivity index (χ0) is 17.8. The zero-order valence-corrected chi connectivity index (χ0v) is 14.6. The SMILES string of the molecule is COc1cc(C)c(CCNC(=O)c2ccc3nc[nH]c3c2)cc1OC. The second kappa shape index (κ2) is 7.25. The van der Waals surface area contributed by atoms with Crippen LogP contribution in [0, 0.1) is 6.92 Å². The molecule has 1 heterocycles. The van der Waals surface area contributed by atoms with Crippen LogP contribution in [-0.2, 0) is 6.42 Å². The molecule has 0 atom stereocenters. The summed E-state index contributed by atoms with van der Waals surface area (Å²) in [6.45, 7) is 2.56. The summed E-state index contributed by atoms with van der Waals surface area (Å²) >= 11 is 0. The molecule has 0 aliphatic heterocycles. The van der Waals surface area contributed by atoms with Gasteiger partial charge in [0.2, 0.25) is 0 Å². The third kappa shape index (κ3) is 3.57. The van der Waals surface area contributed by atoms with Crippen LogP contribution in [-0.4, -0.2) is 36.6 Å².